The van der Waals surface area contributed by atoms with E-state index >= 15 is 0 Å². The number of primary sulfonamides is 1. The second-order valence-corrected chi connectivity index (χ2v) is 7.11. The van der Waals surface area contributed by atoms with Crippen molar-refractivity contribution in [1.29, 1.82) is 0 Å². The minimum atomic E-state index is -3.92. The van der Waals surface area contributed by atoms with Gasteiger partial charge < -0.3 is 9.47 Å². The monoisotopic (exact) mass is 363 g/mol. The molecule has 2 aromatic rings. The summed E-state index contributed by atoms with van der Waals surface area (Å²) in [5, 5.41) is 5.22. The molecule has 25 heavy (non-hydrogen) atoms. The van der Waals surface area contributed by atoms with E-state index < -0.39 is 16.0 Å². The number of sulfonamides is 1. The maximum Gasteiger partial charge on any atom is 0.338 e. The molecular weight excluding hydrogens is 342 g/mol. The lowest BCUT2D eigenvalue weighted by Crippen LogP contribution is -2.16. The Morgan fingerprint density at radius 3 is 2.48 bits per heavy atom. The fourth-order valence-electron chi connectivity index (χ4n) is 2.39. The molecule has 0 spiro atoms. The number of esters is 1. The Bertz CT molecular complexity index is 890. The van der Waals surface area contributed by atoms with Crippen LogP contribution in [-0.2, 0) is 21.4 Å². The molecule has 0 aliphatic carbocycles. The van der Waals surface area contributed by atoms with Crippen LogP contribution < -0.4 is 9.88 Å². The summed E-state index contributed by atoms with van der Waals surface area (Å²) in [4.78, 5) is 12.3. The van der Waals surface area contributed by atoms with Crippen molar-refractivity contribution in [3.05, 3.63) is 58.7 Å². The van der Waals surface area contributed by atoms with Crippen LogP contribution in [0.5, 0.6) is 5.75 Å². The largest absolute Gasteiger partial charge is 0.493 e. The van der Waals surface area contributed by atoms with E-state index in [0.29, 0.717) is 23.5 Å². The van der Waals surface area contributed by atoms with Crippen molar-refractivity contribution in [2.45, 2.75) is 32.3 Å². The lowest BCUT2D eigenvalue weighted by atomic mass is 10.1. The molecule has 2 rings (SSSR count). The number of nitrogens with two attached hydrogens (primary N) is 1. The summed E-state index contributed by atoms with van der Waals surface area (Å²) < 4.78 is 34.2. The lowest BCUT2D eigenvalue weighted by molar-refractivity contribution is 0.0469. The van der Waals surface area contributed by atoms with Crippen LogP contribution in [0.25, 0.3) is 0 Å². The number of hydrogen-bond donors (Lipinski definition) is 1. The normalized spacial score (nSPS) is 11.2. The van der Waals surface area contributed by atoms with E-state index in [0.717, 1.165) is 5.56 Å². The second-order valence-electron chi connectivity index (χ2n) is 5.58. The maximum absolute atomic E-state index is 12.3. The molecule has 0 unspecified atom stereocenters. The Balaban J connectivity index is 2.24. The van der Waals surface area contributed by atoms with Crippen LogP contribution in [0.4, 0.5) is 0 Å². The molecule has 2 N–H and O–H groups in total. The summed E-state index contributed by atoms with van der Waals surface area (Å²) in [6, 6.07) is 10.1. The highest BCUT2D eigenvalue weighted by atomic mass is 32.2. The molecule has 7 heteroatoms. The molecule has 134 valence electrons. The molecule has 0 bridgehead atoms. The van der Waals surface area contributed by atoms with Gasteiger partial charge in [-0.1, -0.05) is 18.2 Å². The number of carbonyl (C=O) groups is 1. The van der Waals surface area contributed by atoms with Crippen LogP contribution in [0.1, 0.15) is 34.0 Å². The van der Waals surface area contributed by atoms with Crippen molar-refractivity contribution in [2.75, 3.05) is 6.61 Å². The standard InChI is InChI=1S/C18H21NO5S/c1-4-23-16-8-6-5-7-14(16)11-24-18(20)15-9-12(2)13(3)17(10-15)25(19,21)22/h5-10H,4,11H2,1-3H3,(H2,19,21,22). The number of benzene rings is 2. The molecule has 0 amide bonds. The number of hydrogen-bond acceptors (Lipinski definition) is 5. The molecular formula is C18H21NO5S. The summed E-state index contributed by atoms with van der Waals surface area (Å²) in [6.45, 7) is 5.74. The van der Waals surface area contributed by atoms with Gasteiger partial charge in [0.1, 0.15) is 12.4 Å². The Kier molecular flexibility index (Phi) is 5.81. The highest BCUT2D eigenvalue weighted by Gasteiger charge is 2.18. The first-order valence-electron chi connectivity index (χ1n) is 7.76. The average Bonchev–Trinajstić information content (AvgIpc) is 2.55. The van der Waals surface area contributed by atoms with Gasteiger partial charge in [0.2, 0.25) is 10.0 Å². The van der Waals surface area contributed by atoms with Gasteiger partial charge in [-0.25, -0.2) is 18.4 Å². The van der Waals surface area contributed by atoms with Gasteiger partial charge in [-0.2, -0.15) is 0 Å². The lowest BCUT2D eigenvalue weighted by Gasteiger charge is -2.12. The van der Waals surface area contributed by atoms with E-state index in [1.54, 1.807) is 32.0 Å². The molecule has 2 aromatic carbocycles. The van der Waals surface area contributed by atoms with E-state index in [1.807, 2.05) is 19.1 Å². The Hall–Kier alpha value is -2.38. The highest BCUT2D eigenvalue weighted by Crippen LogP contribution is 2.22. The number of ether oxygens (including phenoxy) is 2. The van der Waals surface area contributed by atoms with Crippen LogP contribution in [0.2, 0.25) is 0 Å². The zero-order chi connectivity index (χ0) is 18.6. The molecule has 0 fully saturated rings. The van der Waals surface area contributed by atoms with Crippen molar-refractivity contribution < 1.29 is 22.7 Å². The average molecular weight is 363 g/mol. The Morgan fingerprint density at radius 1 is 1.16 bits per heavy atom. The predicted octanol–water partition coefficient (Wildman–Crippen LogP) is 2.71. The molecule has 0 saturated heterocycles. The van der Waals surface area contributed by atoms with Crippen LogP contribution in [0.15, 0.2) is 41.3 Å². The minimum absolute atomic E-state index is 0.0205. The predicted molar refractivity (Wildman–Crippen MR) is 94.0 cm³/mol. The van der Waals surface area contributed by atoms with E-state index in [-0.39, 0.29) is 17.1 Å². The van der Waals surface area contributed by atoms with Gasteiger partial charge in [-0.05, 0) is 50.1 Å². The summed E-state index contributed by atoms with van der Waals surface area (Å²) >= 11 is 0. The third kappa shape index (κ3) is 4.58. The number of carbonyl (C=O) groups excluding carboxylic acids is 1. The van der Waals surface area contributed by atoms with Gasteiger partial charge in [0.15, 0.2) is 0 Å². The fraction of sp³-hybridized carbons (Fsp3) is 0.278. The van der Waals surface area contributed by atoms with E-state index in [1.165, 1.54) is 6.07 Å². The first kappa shape index (κ1) is 19.0. The molecule has 0 aliphatic heterocycles. The van der Waals surface area contributed by atoms with Crippen LogP contribution in [-0.4, -0.2) is 21.0 Å². The van der Waals surface area contributed by atoms with Crippen molar-refractivity contribution >= 4 is 16.0 Å². The van der Waals surface area contributed by atoms with Gasteiger partial charge in [-0.15, -0.1) is 0 Å². The number of rotatable bonds is 6. The van der Waals surface area contributed by atoms with Gasteiger partial charge in [0, 0.05) is 5.56 Å². The van der Waals surface area contributed by atoms with Gasteiger partial charge in [0.25, 0.3) is 0 Å². The summed E-state index contributed by atoms with van der Waals surface area (Å²) in [5.41, 5.74) is 2.03. The molecule has 0 atom stereocenters. The molecule has 0 heterocycles. The zero-order valence-electron chi connectivity index (χ0n) is 14.4. The molecule has 0 aliphatic rings. The topological polar surface area (TPSA) is 95.7 Å². The minimum Gasteiger partial charge on any atom is -0.493 e. The van der Waals surface area contributed by atoms with E-state index in [4.69, 9.17) is 14.6 Å². The molecule has 6 nitrogen and oxygen atoms in total. The van der Waals surface area contributed by atoms with Gasteiger partial charge >= 0.3 is 5.97 Å². The van der Waals surface area contributed by atoms with Crippen LogP contribution in [0, 0.1) is 13.8 Å². The zero-order valence-corrected chi connectivity index (χ0v) is 15.2. The quantitative estimate of drug-likeness (QED) is 0.796. The highest BCUT2D eigenvalue weighted by molar-refractivity contribution is 7.89. The first-order valence-corrected chi connectivity index (χ1v) is 9.30. The van der Waals surface area contributed by atoms with Crippen molar-refractivity contribution in [2.24, 2.45) is 5.14 Å². The van der Waals surface area contributed by atoms with E-state index in [9.17, 15) is 13.2 Å². The smallest absolute Gasteiger partial charge is 0.338 e. The molecule has 0 aromatic heterocycles. The van der Waals surface area contributed by atoms with E-state index in [2.05, 4.69) is 0 Å². The summed E-state index contributed by atoms with van der Waals surface area (Å²) in [7, 11) is -3.92. The SMILES string of the molecule is CCOc1ccccc1COC(=O)c1cc(C)c(C)c(S(N)(=O)=O)c1. The first-order chi connectivity index (χ1) is 11.7. The summed E-state index contributed by atoms with van der Waals surface area (Å²) in [5.74, 6) is 0.0161. The number of para-hydroxylation sites is 1. The number of aryl methyl sites for hydroxylation is 1. The summed E-state index contributed by atoms with van der Waals surface area (Å²) in [6.07, 6.45) is 0. The van der Waals surface area contributed by atoms with Crippen molar-refractivity contribution in [3.8, 4) is 5.75 Å². The molecule has 0 saturated carbocycles. The fourth-order valence-corrected chi connectivity index (χ4v) is 3.27. The third-order valence-electron chi connectivity index (χ3n) is 3.79. The van der Waals surface area contributed by atoms with Crippen LogP contribution in [0.3, 0.4) is 0 Å². The van der Waals surface area contributed by atoms with Crippen LogP contribution >= 0.6 is 0 Å². The van der Waals surface area contributed by atoms with Gasteiger partial charge in [0.05, 0.1) is 17.1 Å². The maximum atomic E-state index is 12.3. The van der Waals surface area contributed by atoms with Crippen molar-refractivity contribution in [1.82, 2.24) is 0 Å². The molecule has 0 radical (unpaired) electrons. The Labute approximate surface area is 147 Å². The second kappa shape index (κ2) is 7.67. The van der Waals surface area contributed by atoms with Gasteiger partial charge in [-0.3, -0.25) is 0 Å². The van der Waals surface area contributed by atoms with Crippen molar-refractivity contribution in [3.63, 3.8) is 0 Å². The third-order valence-corrected chi connectivity index (χ3v) is 4.83. The Morgan fingerprint density at radius 2 is 1.84 bits per heavy atom.